The van der Waals surface area contributed by atoms with E-state index in [1.165, 1.54) is 11.3 Å². The van der Waals surface area contributed by atoms with Crippen molar-refractivity contribution in [3.05, 3.63) is 22.0 Å². The Bertz CT molecular complexity index is 710. The van der Waals surface area contributed by atoms with Gasteiger partial charge in [0.25, 0.3) is 5.91 Å². The predicted octanol–water partition coefficient (Wildman–Crippen LogP) is 2.48. The van der Waals surface area contributed by atoms with Crippen molar-refractivity contribution in [2.24, 2.45) is 0 Å². The molecular formula is C15H19N3O2S. The molecule has 2 aromatic rings. The first-order valence-corrected chi connectivity index (χ1v) is 7.94. The molecular weight excluding hydrogens is 286 g/mol. The van der Waals surface area contributed by atoms with E-state index in [-0.39, 0.29) is 12.0 Å². The first-order chi connectivity index (χ1) is 9.97. The second-order valence-electron chi connectivity index (χ2n) is 5.53. The van der Waals surface area contributed by atoms with Gasteiger partial charge in [0, 0.05) is 24.2 Å². The molecule has 6 heteroatoms. The monoisotopic (exact) mass is 305 g/mol. The fourth-order valence-electron chi connectivity index (χ4n) is 2.82. The maximum atomic E-state index is 12.8. The molecule has 0 spiro atoms. The van der Waals surface area contributed by atoms with Gasteiger partial charge in [-0.3, -0.25) is 4.79 Å². The minimum atomic E-state index is 0.0858. The van der Waals surface area contributed by atoms with Crippen LogP contribution in [0.15, 0.2) is 0 Å². The lowest BCUT2D eigenvalue weighted by Gasteiger charge is -2.31. The number of aryl methyl sites for hydroxylation is 3. The summed E-state index contributed by atoms with van der Waals surface area (Å²) in [4.78, 5) is 25.2. The van der Waals surface area contributed by atoms with Crippen LogP contribution >= 0.6 is 11.3 Å². The van der Waals surface area contributed by atoms with E-state index in [1.807, 2.05) is 32.6 Å². The van der Waals surface area contributed by atoms with Crippen LogP contribution < -0.4 is 0 Å². The van der Waals surface area contributed by atoms with E-state index in [2.05, 4.69) is 9.97 Å². The van der Waals surface area contributed by atoms with Gasteiger partial charge in [-0.2, -0.15) is 0 Å². The highest BCUT2D eigenvalue weighted by Crippen LogP contribution is 2.32. The SMILES string of the molecule is Cc1nc(C)c2c(C)c(C(=O)N3CCOC(C)C3)sc2n1. The molecule has 1 saturated heterocycles. The van der Waals surface area contributed by atoms with Crippen LogP contribution in [-0.2, 0) is 4.74 Å². The first-order valence-electron chi connectivity index (χ1n) is 7.12. The molecule has 2 aromatic heterocycles. The Hall–Kier alpha value is -1.53. The van der Waals surface area contributed by atoms with Crippen LogP contribution in [0.2, 0.25) is 0 Å². The molecule has 3 heterocycles. The van der Waals surface area contributed by atoms with E-state index in [4.69, 9.17) is 4.74 Å². The second kappa shape index (κ2) is 5.35. The van der Waals surface area contributed by atoms with Crippen LogP contribution in [0.1, 0.15) is 33.7 Å². The van der Waals surface area contributed by atoms with E-state index in [9.17, 15) is 4.79 Å². The summed E-state index contributed by atoms with van der Waals surface area (Å²) in [6.45, 7) is 9.75. The van der Waals surface area contributed by atoms with Gasteiger partial charge in [0.15, 0.2) is 0 Å². The van der Waals surface area contributed by atoms with Gasteiger partial charge in [0.05, 0.1) is 17.6 Å². The highest BCUT2D eigenvalue weighted by Gasteiger charge is 2.26. The van der Waals surface area contributed by atoms with Crippen molar-refractivity contribution in [1.82, 2.24) is 14.9 Å². The smallest absolute Gasteiger partial charge is 0.264 e. The van der Waals surface area contributed by atoms with Gasteiger partial charge in [0.2, 0.25) is 0 Å². The summed E-state index contributed by atoms with van der Waals surface area (Å²) in [6.07, 6.45) is 0.0983. The van der Waals surface area contributed by atoms with Gasteiger partial charge in [-0.25, -0.2) is 9.97 Å². The van der Waals surface area contributed by atoms with Crippen molar-refractivity contribution in [1.29, 1.82) is 0 Å². The number of ether oxygens (including phenoxy) is 1. The molecule has 21 heavy (non-hydrogen) atoms. The lowest BCUT2D eigenvalue weighted by Crippen LogP contribution is -2.44. The van der Waals surface area contributed by atoms with Crippen LogP contribution in [0.4, 0.5) is 0 Å². The molecule has 0 bridgehead atoms. The van der Waals surface area contributed by atoms with Crippen molar-refractivity contribution >= 4 is 27.5 Å². The zero-order valence-corrected chi connectivity index (χ0v) is 13.6. The van der Waals surface area contributed by atoms with Crippen molar-refractivity contribution in [2.75, 3.05) is 19.7 Å². The number of carbonyl (C=O) groups is 1. The van der Waals surface area contributed by atoms with E-state index in [0.29, 0.717) is 19.7 Å². The van der Waals surface area contributed by atoms with Crippen LogP contribution in [0.5, 0.6) is 0 Å². The number of morpholine rings is 1. The largest absolute Gasteiger partial charge is 0.375 e. The average Bonchev–Trinajstić information content (AvgIpc) is 2.75. The molecule has 5 nitrogen and oxygen atoms in total. The number of nitrogens with zero attached hydrogens (tertiary/aromatic N) is 3. The Labute approximate surface area is 128 Å². The molecule has 112 valence electrons. The topological polar surface area (TPSA) is 55.3 Å². The standard InChI is InChI=1S/C15H19N3O2S/c1-8-7-18(5-6-20-8)15(19)13-9(2)12-10(3)16-11(4)17-14(12)21-13/h8H,5-7H2,1-4H3. The number of carbonyl (C=O) groups excluding carboxylic acids is 1. The van der Waals surface area contributed by atoms with Gasteiger partial charge in [0.1, 0.15) is 10.7 Å². The van der Waals surface area contributed by atoms with Crippen LogP contribution in [-0.4, -0.2) is 46.6 Å². The van der Waals surface area contributed by atoms with Gasteiger partial charge in [-0.05, 0) is 33.3 Å². The second-order valence-corrected chi connectivity index (χ2v) is 6.52. The fourth-order valence-corrected chi connectivity index (χ4v) is 4.07. The van der Waals surface area contributed by atoms with E-state index < -0.39 is 0 Å². The predicted molar refractivity (Wildman–Crippen MR) is 82.9 cm³/mol. The molecule has 0 N–H and O–H groups in total. The molecule has 1 amide bonds. The Morgan fingerprint density at radius 3 is 2.81 bits per heavy atom. The van der Waals surface area contributed by atoms with Gasteiger partial charge < -0.3 is 9.64 Å². The van der Waals surface area contributed by atoms with Gasteiger partial charge >= 0.3 is 0 Å². The van der Waals surface area contributed by atoms with Crippen LogP contribution in [0.25, 0.3) is 10.2 Å². The van der Waals surface area contributed by atoms with Crippen molar-refractivity contribution < 1.29 is 9.53 Å². The molecule has 0 saturated carbocycles. The van der Waals surface area contributed by atoms with Crippen LogP contribution in [0.3, 0.4) is 0 Å². The average molecular weight is 305 g/mol. The lowest BCUT2D eigenvalue weighted by atomic mass is 10.1. The van der Waals surface area contributed by atoms with E-state index in [1.54, 1.807) is 0 Å². The maximum Gasteiger partial charge on any atom is 0.264 e. The van der Waals surface area contributed by atoms with Crippen molar-refractivity contribution in [3.8, 4) is 0 Å². The quantitative estimate of drug-likeness (QED) is 0.812. The third-order valence-corrected chi connectivity index (χ3v) is 4.98. The molecule has 1 fully saturated rings. The molecule has 1 unspecified atom stereocenters. The minimum absolute atomic E-state index is 0.0858. The molecule has 1 atom stereocenters. The Kier molecular flexibility index (Phi) is 3.67. The Morgan fingerprint density at radius 2 is 2.10 bits per heavy atom. The van der Waals surface area contributed by atoms with E-state index in [0.717, 1.165) is 32.2 Å². The number of amides is 1. The fraction of sp³-hybridized carbons (Fsp3) is 0.533. The van der Waals surface area contributed by atoms with Crippen molar-refractivity contribution in [3.63, 3.8) is 0 Å². The normalized spacial score (nSPS) is 19.2. The zero-order chi connectivity index (χ0) is 15.1. The summed E-state index contributed by atoms with van der Waals surface area (Å²) in [5.74, 6) is 0.836. The molecule has 0 aliphatic carbocycles. The van der Waals surface area contributed by atoms with Gasteiger partial charge in [-0.1, -0.05) is 0 Å². The molecule has 0 aromatic carbocycles. The number of rotatable bonds is 1. The number of thiophene rings is 1. The molecule has 1 aliphatic heterocycles. The number of fused-ring (bicyclic) bond motifs is 1. The molecule has 0 radical (unpaired) electrons. The summed E-state index contributed by atoms with van der Waals surface area (Å²) in [5.41, 5.74) is 1.94. The molecule has 1 aliphatic rings. The number of hydrogen-bond acceptors (Lipinski definition) is 5. The number of hydrogen-bond donors (Lipinski definition) is 0. The molecule has 3 rings (SSSR count). The number of aromatic nitrogens is 2. The van der Waals surface area contributed by atoms with Gasteiger partial charge in [-0.15, -0.1) is 11.3 Å². The van der Waals surface area contributed by atoms with Crippen LogP contribution in [0, 0.1) is 20.8 Å². The third-order valence-electron chi connectivity index (χ3n) is 3.81. The maximum absolute atomic E-state index is 12.8. The summed E-state index contributed by atoms with van der Waals surface area (Å²) in [5, 5.41) is 1.02. The summed E-state index contributed by atoms with van der Waals surface area (Å²) in [6, 6.07) is 0. The zero-order valence-electron chi connectivity index (χ0n) is 12.8. The Morgan fingerprint density at radius 1 is 1.33 bits per heavy atom. The lowest BCUT2D eigenvalue weighted by molar-refractivity contribution is -0.0122. The minimum Gasteiger partial charge on any atom is -0.375 e. The summed E-state index contributed by atoms with van der Waals surface area (Å²) >= 11 is 1.47. The Balaban J connectivity index is 2.02. The highest BCUT2D eigenvalue weighted by molar-refractivity contribution is 7.20. The first kappa shape index (κ1) is 14.4. The summed E-state index contributed by atoms with van der Waals surface area (Å²) in [7, 11) is 0. The summed E-state index contributed by atoms with van der Waals surface area (Å²) < 4.78 is 5.51. The highest BCUT2D eigenvalue weighted by atomic mass is 32.1. The van der Waals surface area contributed by atoms with Crippen molar-refractivity contribution in [2.45, 2.75) is 33.8 Å². The third kappa shape index (κ3) is 2.53. The van der Waals surface area contributed by atoms with E-state index >= 15 is 0 Å².